The molecule has 1 saturated heterocycles. The Bertz CT molecular complexity index is 439. The second-order valence-electron chi connectivity index (χ2n) is 4.45. The van der Waals surface area contributed by atoms with Gasteiger partial charge in [0.1, 0.15) is 6.07 Å². The van der Waals surface area contributed by atoms with Crippen LogP contribution in [0.15, 0.2) is 6.07 Å². The van der Waals surface area contributed by atoms with Gasteiger partial charge in [0, 0.05) is 25.3 Å². The maximum Gasteiger partial charge on any atom is 0.103 e. The van der Waals surface area contributed by atoms with Crippen molar-refractivity contribution in [2.75, 3.05) is 31.1 Å². The first-order chi connectivity index (χ1) is 8.22. The van der Waals surface area contributed by atoms with Crippen LogP contribution < -0.4 is 10.2 Å². The van der Waals surface area contributed by atoms with Crippen LogP contribution in [0.25, 0.3) is 0 Å². The summed E-state index contributed by atoms with van der Waals surface area (Å²) in [5.74, 6) is 0. The van der Waals surface area contributed by atoms with Crippen LogP contribution >= 0.6 is 0 Å². The molecular weight excluding hydrogens is 212 g/mol. The Morgan fingerprint density at radius 3 is 2.94 bits per heavy atom. The number of rotatable bonds is 1. The summed E-state index contributed by atoms with van der Waals surface area (Å²) in [4.78, 5) is 6.65. The second-order valence-corrected chi connectivity index (χ2v) is 4.45. The summed E-state index contributed by atoms with van der Waals surface area (Å²) in [6, 6.07) is 4.31. The molecule has 1 N–H and O–H groups in total. The lowest BCUT2D eigenvalue weighted by atomic mass is 10.1. The molecule has 0 radical (unpaired) electrons. The molecule has 4 heteroatoms. The van der Waals surface area contributed by atoms with Gasteiger partial charge in [-0.3, -0.25) is 4.98 Å². The molecule has 1 aliphatic rings. The summed E-state index contributed by atoms with van der Waals surface area (Å²) in [5.41, 5.74) is 3.58. The molecule has 0 unspecified atom stereocenters. The Hall–Kier alpha value is -1.60. The summed E-state index contributed by atoms with van der Waals surface area (Å²) < 4.78 is 0. The molecule has 1 aromatic rings. The molecule has 90 valence electrons. The molecule has 2 rings (SSSR count). The van der Waals surface area contributed by atoms with Gasteiger partial charge in [0.05, 0.1) is 16.9 Å². The molecule has 0 aromatic carbocycles. The third-order valence-electron chi connectivity index (χ3n) is 3.10. The summed E-state index contributed by atoms with van der Waals surface area (Å²) in [6.07, 6.45) is 1.12. The lowest BCUT2D eigenvalue weighted by molar-refractivity contribution is 0.724. The number of aromatic nitrogens is 1. The molecule has 1 aromatic heterocycles. The molecule has 4 nitrogen and oxygen atoms in total. The Morgan fingerprint density at radius 2 is 2.18 bits per heavy atom. The zero-order chi connectivity index (χ0) is 12.3. The molecule has 0 aliphatic carbocycles. The average Bonchev–Trinajstić information content (AvgIpc) is 2.56. The number of aryl methyl sites for hydroxylation is 2. The highest BCUT2D eigenvalue weighted by atomic mass is 15.2. The largest absolute Gasteiger partial charge is 0.369 e. The van der Waals surface area contributed by atoms with E-state index in [1.807, 2.05) is 19.9 Å². The van der Waals surface area contributed by atoms with E-state index in [-0.39, 0.29) is 0 Å². The number of nitrogens with zero attached hydrogens (tertiary/aromatic N) is 3. The maximum atomic E-state index is 9.26. The Balaban J connectivity index is 2.39. The highest BCUT2D eigenvalue weighted by molar-refractivity contribution is 5.61. The molecule has 2 heterocycles. The van der Waals surface area contributed by atoms with E-state index < -0.39 is 0 Å². The van der Waals surface area contributed by atoms with Gasteiger partial charge in [-0.25, -0.2) is 0 Å². The van der Waals surface area contributed by atoms with Crippen molar-refractivity contribution < 1.29 is 0 Å². The quantitative estimate of drug-likeness (QED) is 0.791. The minimum Gasteiger partial charge on any atom is -0.369 e. The van der Waals surface area contributed by atoms with Gasteiger partial charge < -0.3 is 10.2 Å². The summed E-state index contributed by atoms with van der Waals surface area (Å²) >= 11 is 0. The predicted molar refractivity (Wildman–Crippen MR) is 68.1 cm³/mol. The van der Waals surface area contributed by atoms with Gasteiger partial charge in [-0.15, -0.1) is 0 Å². The van der Waals surface area contributed by atoms with Crippen molar-refractivity contribution in [3.63, 3.8) is 0 Å². The fourth-order valence-corrected chi connectivity index (χ4v) is 2.28. The van der Waals surface area contributed by atoms with E-state index in [9.17, 15) is 5.26 Å². The van der Waals surface area contributed by atoms with E-state index in [2.05, 4.69) is 21.3 Å². The van der Waals surface area contributed by atoms with Crippen molar-refractivity contribution in [3.8, 4) is 6.07 Å². The van der Waals surface area contributed by atoms with Crippen LogP contribution in [0.3, 0.4) is 0 Å². The van der Waals surface area contributed by atoms with E-state index in [0.29, 0.717) is 0 Å². The first kappa shape index (κ1) is 11.9. The lowest BCUT2D eigenvalue weighted by Crippen LogP contribution is -2.28. The molecule has 1 aliphatic heterocycles. The highest BCUT2D eigenvalue weighted by Crippen LogP contribution is 2.23. The van der Waals surface area contributed by atoms with Crippen LogP contribution in [0.1, 0.15) is 23.4 Å². The van der Waals surface area contributed by atoms with Gasteiger partial charge in [-0.05, 0) is 32.9 Å². The number of hydrogen-bond acceptors (Lipinski definition) is 4. The fourth-order valence-electron chi connectivity index (χ4n) is 2.28. The predicted octanol–water partition coefficient (Wildman–Crippen LogP) is 1.37. The zero-order valence-corrected chi connectivity index (χ0v) is 10.5. The standard InChI is InChI=1S/C13H18N4/c1-10-8-13(12(9-14)11(2)16-10)17-6-3-4-15-5-7-17/h8,15H,3-7H2,1-2H3. The highest BCUT2D eigenvalue weighted by Gasteiger charge is 2.16. The summed E-state index contributed by atoms with van der Waals surface area (Å²) in [5, 5.41) is 12.6. The second kappa shape index (κ2) is 5.15. The number of hydrogen-bond donors (Lipinski definition) is 1. The van der Waals surface area contributed by atoms with Crippen LogP contribution in [0, 0.1) is 25.2 Å². The molecule has 0 saturated carbocycles. The van der Waals surface area contributed by atoms with Gasteiger partial charge in [0.25, 0.3) is 0 Å². The average molecular weight is 230 g/mol. The normalized spacial score (nSPS) is 16.4. The van der Waals surface area contributed by atoms with Crippen molar-refractivity contribution in [1.29, 1.82) is 5.26 Å². The van der Waals surface area contributed by atoms with Crippen molar-refractivity contribution >= 4 is 5.69 Å². The Morgan fingerprint density at radius 1 is 1.35 bits per heavy atom. The fraction of sp³-hybridized carbons (Fsp3) is 0.538. The smallest absolute Gasteiger partial charge is 0.103 e. The van der Waals surface area contributed by atoms with Crippen molar-refractivity contribution in [1.82, 2.24) is 10.3 Å². The molecular formula is C13H18N4. The molecule has 1 fully saturated rings. The molecule has 0 bridgehead atoms. The molecule has 0 atom stereocenters. The minimum atomic E-state index is 0.720. The molecule has 0 spiro atoms. The lowest BCUT2D eigenvalue weighted by Gasteiger charge is -2.24. The first-order valence-electron chi connectivity index (χ1n) is 6.06. The summed E-state index contributed by atoms with van der Waals surface area (Å²) in [7, 11) is 0. The van der Waals surface area contributed by atoms with E-state index >= 15 is 0 Å². The van der Waals surface area contributed by atoms with Crippen molar-refractivity contribution in [3.05, 3.63) is 23.0 Å². The summed E-state index contributed by atoms with van der Waals surface area (Å²) in [6.45, 7) is 7.88. The van der Waals surface area contributed by atoms with Gasteiger partial charge in [0.15, 0.2) is 0 Å². The minimum absolute atomic E-state index is 0.720. The van der Waals surface area contributed by atoms with Crippen LogP contribution in [0.4, 0.5) is 5.69 Å². The van der Waals surface area contributed by atoms with E-state index in [1.165, 1.54) is 0 Å². The van der Waals surface area contributed by atoms with Crippen LogP contribution in [0.5, 0.6) is 0 Å². The third-order valence-corrected chi connectivity index (χ3v) is 3.10. The number of nitrogens with one attached hydrogen (secondary N) is 1. The van der Waals surface area contributed by atoms with E-state index in [0.717, 1.165) is 55.2 Å². The van der Waals surface area contributed by atoms with Gasteiger partial charge in [-0.1, -0.05) is 0 Å². The third kappa shape index (κ3) is 2.56. The van der Waals surface area contributed by atoms with Gasteiger partial charge >= 0.3 is 0 Å². The van der Waals surface area contributed by atoms with Crippen LogP contribution in [-0.2, 0) is 0 Å². The van der Waals surface area contributed by atoms with Gasteiger partial charge in [-0.2, -0.15) is 5.26 Å². The molecule has 17 heavy (non-hydrogen) atoms. The Kier molecular flexibility index (Phi) is 3.60. The van der Waals surface area contributed by atoms with Crippen molar-refractivity contribution in [2.24, 2.45) is 0 Å². The number of nitriles is 1. The molecule has 0 amide bonds. The van der Waals surface area contributed by atoms with E-state index in [4.69, 9.17) is 0 Å². The Labute approximate surface area is 102 Å². The maximum absolute atomic E-state index is 9.26. The van der Waals surface area contributed by atoms with Crippen LogP contribution in [-0.4, -0.2) is 31.2 Å². The zero-order valence-electron chi connectivity index (χ0n) is 10.5. The number of pyridine rings is 1. The van der Waals surface area contributed by atoms with Crippen LogP contribution in [0.2, 0.25) is 0 Å². The van der Waals surface area contributed by atoms with Gasteiger partial charge in [0.2, 0.25) is 0 Å². The topological polar surface area (TPSA) is 52.0 Å². The van der Waals surface area contributed by atoms with Crippen molar-refractivity contribution in [2.45, 2.75) is 20.3 Å². The first-order valence-corrected chi connectivity index (χ1v) is 6.06. The van der Waals surface area contributed by atoms with E-state index in [1.54, 1.807) is 0 Å². The number of anilines is 1. The monoisotopic (exact) mass is 230 g/mol. The SMILES string of the molecule is Cc1cc(N2CCCNCC2)c(C#N)c(C)n1.